The van der Waals surface area contributed by atoms with Crippen LogP contribution in [0.3, 0.4) is 0 Å². The first-order valence-corrected chi connectivity index (χ1v) is 14.7. The molecule has 0 aliphatic carbocycles. The van der Waals surface area contributed by atoms with E-state index in [1.807, 2.05) is 11.8 Å². The average molecular weight is 647 g/mol. The van der Waals surface area contributed by atoms with Crippen LogP contribution < -0.4 is 5.32 Å². The van der Waals surface area contributed by atoms with Gasteiger partial charge in [0.2, 0.25) is 5.91 Å². The van der Waals surface area contributed by atoms with Crippen molar-refractivity contribution in [3.8, 4) is 0 Å². The molecule has 2 aromatic carbocycles. The lowest BCUT2D eigenvalue weighted by atomic mass is 9.88. The number of carbonyl (C=O) groups excluding carboxylic acids is 1. The number of alkyl halides is 6. The fourth-order valence-electron chi connectivity index (χ4n) is 6.43. The topological polar surface area (TPSA) is 76.1 Å². The first kappa shape index (κ1) is 34.5. The van der Waals surface area contributed by atoms with Crippen molar-refractivity contribution in [1.82, 2.24) is 20.0 Å². The van der Waals surface area contributed by atoms with Crippen molar-refractivity contribution >= 4 is 12.0 Å². The molecule has 45 heavy (non-hydrogen) atoms. The molecular weight excluding hydrogens is 609 g/mol. The monoisotopic (exact) mass is 646 g/mol. The average Bonchev–Trinajstić information content (AvgIpc) is 3.35. The van der Waals surface area contributed by atoms with Gasteiger partial charge in [-0.1, -0.05) is 6.07 Å². The molecule has 4 atom stereocenters. The zero-order valence-electron chi connectivity index (χ0n) is 25.2. The Hall–Kier alpha value is -3.39. The number of likely N-dealkylation sites (tertiary alicyclic amines) is 1. The Bertz CT molecular complexity index is 1350. The number of hydrogen-bond acceptors (Lipinski definition) is 4. The second-order valence-corrected chi connectivity index (χ2v) is 11.8. The van der Waals surface area contributed by atoms with Gasteiger partial charge in [-0.3, -0.25) is 9.69 Å². The van der Waals surface area contributed by atoms with E-state index in [4.69, 9.17) is 0 Å². The summed E-state index contributed by atoms with van der Waals surface area (Å²) in [6.45, 7) is 6.28. The molecule has 1 unspecified atom stereocenters. The van der Waals surface area contributed by atoms with Crippen LogP contribution in [0.25, 0.3) is 0 Å². The van der Waals surface area contributed by atoms with Gasteiger partial charge in [0.25, 0.3) is 0 Å². The minimum absolute atomic E-state index is 0.0559. The zero-order chi connectivity index (χ0) is 33.3. The van der Waals surface area contributed by atoms with E-state index >= 15 is 0 Å². The van der Waals surface area contributed by atoms with E-state index in [0.29, 0.717) is 25.4 Å². The second-order valence-electron chi connectivity index (χ2n) is 11.8. The molecule has 2 amide bonds. The Labute approximate surface area is 257 Å². The van der Waals surface area contributed by atoms with Gasteiger partial charge in [0.1, 0.15) is 5.82 Å². The number of carboxylic acid groups (broad SMARTS) is 1. The molecule has 0 aromatic heterocycles. The van der Waals surface area contributed by atoms with Crippen molar-refractivity contribution in [3.63, 3.8) is 0 Å². The predicted octanol–water partition coefficient (Wildman–Crippen LogP) is 6.63. The van der Waals surface area contributed by atoms with Crippen molar-refractivity contribution in [2.45, 2.75) is 76.1 Å². The van der Waals surface area contributed by atoms with Crippen LogP contribution in [0.4, 0.5) is 35.5 Å². The standard InChI is InChI=1S/C20H26FN3O3.C11H11F6N/c1-13-10-14(21)2-4-17(13)18-11-15(6-7-24(18)20(26)27)22-8-9-23-16(12-22)3-5-19(23)25;1-6(18-2)7-3-8(10(12,13)14)5-9(4-7)11(15,16)17/h2,4,10,15-16,18H,3,5-9,11-12H2,1H3,(H,26,27);3-6,18H,1-2H3/t15-,16?,18+;6-/m01/s1. The third-order valence-electron chi connectivity index (χ3n) is 9.00. The fraction of sp³-hybridized carbons (Fsp3) is 0.548. The van der Waals surface area contributed by atoms with Crippen LogP contribution in [-0.4, -0.2) is 77.1 Å². The molecule has 14 heteroatoms. The van der Waals surface area contributed by atoms with Gasteiger partial charge in [0.15, 0.2) is 0 Å². The molecule has 2 N–H and O–H groups in total. The van der Waals surface area contributed by atoms with Gasteiger partial charge in [0.05, 0.1) is 17.2 Å². The highest BCUT2D eigenvalue weighted by atomic mass is 19.4. The lowest BCUT2D eigenvalue weighted by Gasteiger charge is -2.46. The van der Waals surface area contributed by atoms with E-state index in [-0.39, 0.29) is 35.4 Å². The van der Waals surface area contributed by atoms with Gasteiger partial charge in [-0.05, 0) is 87.2 Å². The number of rotatable bonds is 4. The third kappa shape index (κ3) is 8.07. The molecule has 3 aliphatic rings. The first-order chi connectivity index (χ1) is 21.0. The van der Waals surface area contributed by atoms with Crippen LogP contribution in [0.15, 0.2) is 36.4 Å². The van der Waals surface area contributed by atoms with Crippen molar-refractivity contribution < 1.29 is 45.4 Å². The molecule has 5 rings (SSSR count). The largest absolute Gasteiger partial charge is 0.465 e. The molecular formula is C31H37F7N4O3. The third-order valence-corrected chi connectivity index (χ3v) is 9.00. The van der Waals surface area contributed by atoms with Gasteiger partial charge in [-0.2, -0.15) is 26.3 Å². The molecule has 3 aliphatic heterocycles. The Morgan fingerprint density at radius 2 is 1.60 bits per heavy atom. The summed E-state index contributed by atoms with van der Waals surface area (Å²) >= 11 is 0. The quantitative estimate of drug-likeness (QED) is 0.365. The van der Waals surface area contributed by atoms with Crippen LogP contribution in [0.2, 0.25) is 0 Å². The molecule has 0 bridgehead atoms. The van der Waals surface area contributed by atoms with Gasteiger partial charge in [-0.25, -0.2) is 9.18 Å². The van der Waals surface area contributed by atoms with Crippen LogP contribution >= 0.6 is 0 Å². The molecule has 7 nitrogen and oxygen atoms in total. The maximum absolute atomic E-state index is 13.5. The van der Waals surface area contributed by atoms with E-state index in [9.17, 15) is 45.4 Å². The molecule has 248 valence electrons. The van der Waals surface area contributed by atoms with E-state index in [1.54, 1.807) is 6.07 Å². The van der Waals surface area contributed by atoms with E-state index in [1.165, 1.54) is 31.0 Å². The lowest BCUT2D eigenvalue weighted by Crippen LogP contribution is -2.57. The molecule has 0 spiro atoms. The minimum atomic E-state index is -4.80. The molecule has 2 aromatic rings. The minimum Gasteiger partial charge on any atom is -0.465 e. The normalized spacial score (nSPS) is 23.3. The Morgan fingerprint density at radius 3 is 2.16 bits per heavy atom. The van der Waals surface area contributed by atoms with Crippen LogP contribution in [0.1, 0.15) is 72.5 Å². The smallest absolute Gasteiger partial charge is 0.416 e. The summed E-state index contributed by atoms with van der Waals surface area (Å²) < 4.78 is 88.6. The molecule has 3 saturated heterocycles. The van der Waals surface area contributed by atoms with Crippen LogP contribution in [0.5, 0.6) is 0 Å². The number of piperidine rings is 1. The number of hydrogen-bond donors (Lipinski definition) is 2. The van der Waals surface area contributed by atoms with E-state index in [2.05, 4.69) is 10.2 Å². The van der Waals surface area contributed by atoms with Crippen molar-refractivity contribution in [2.24, 2.45) is 0 Å². The Kier molecular flexibility index (Phi) is 10.4. The maximum atomic E-state index is 13.5. The molecule has 0 radical (unpaired) electrons. The number of benzene rings is 2. The molecule has 0 saturated carbocycles. The van der Waals surface area contributed by atoms with Gasteiger partial charge >= 0.3 is 18.4 Å². The highest BCUT2D eigenvalue weighted by Gasteiger charge is 2.41. The fourth-order valence-corrected chi connectivity index (χ4v) is 6.43. The number of fused-ring (bicyclic) bond motifs is 1. The van der Waals surface area contributed by atoms with Gasteiger partial charge < -0.3 is 20.2 Å². The number of aryl methyl sites for hydroxylation is 1. The highest BCUT2D eigenvalue weighted by Crippen LogP contribution is 2.38. The van der Waals surface area contributed by atoms with Crippen LogP contribution in [0, 0.1) is 12.7 Å². The Balaban J connectivity index is 0.000000224. The van der Waals surface area contributed by atoms with Crippen molar-refractivity contribution in [3.05, 3.63) is 70.0 Å². The second kappa shape index (κ2) is 13.5. The van der Waals surface area contributed by atoms with E-state index < -0.39 is 35.6 Å². The lowest BCUT2D eigenvalue weighted by molar-refractivity contribution is -0.143. The summed E-state index contributed by atoms with van der Waals surface area (Å²) in [5, 5.41) is 12.3. The summed E-state index contributed by atoms with van der Waals surface area (Å²) in [6.07, 6.45) is -7.46. The number of halogens is 7. The van der Waals surface area contributed by atoms with Crippen molar-refractivity contribution in [1.29, 1.82) is 0 Å². The summed E-state index contributed by atoms with van der Waals surface area (Å²) in [6, 6.07) is 5.89. The highest BCUT2D eigenvalue weighted by molar-refractivity contribution is 5.79. The van der Waals surface area contributed by atoms with E-state index in [0.717, 1.165) is 55.7 Å². The number of carbonyl (C=O) groups is 2. The van der Waals surface area contributed by atoms with Gasteiger partial charge in [-0.15, -0.1) is 0 Å². The predicted molar refractivity (Wildman–Crippen MR) is 152 cm³/mol. The SMILES string of the molecule is CN[C@H](C)c1cc(C(F)(F)F)cc(C(F)(F)F)c1.Cc1cc(F)ccc1[C@H]1C[C@@H](N2CCN3C(=O)CCC3C2)CCN1C(=O)O. The maximum Gasteiger partial charge on any atom is 0.416 e. The Morgan fingerprint density at radius 1 is 0.956 bits per heavy atom. The number of amides is 2. The number of nitrogens with one attached hydrogen (secondary N) is 1. The summed E-state index contributed by atoms with van der Waals surface area (Å²) in [5.41, 5.74) is -0.972. The van der Waals surface area contributed by atoms with Crippen molar-refractivity contribution in [2.75, 3.05) is 33.2 Å². The summed E-state index contributed by atoms with van der Waals surface area (Å²) in [4.78, 5) is 29.6. The van der Waals surface area contributed by atoms with Gasteiger partial charge in [0, 0.05) is 50.7 Å². The summed E-state index contributed by atoms with van der Waals surface area (Å²) in [5.74, 6) is -0.0346. The number of piperazine rings is 1. The molecule has 3 fully saturated rings. The molecule has 3 heterocycles. The first-order valence-electron chi connectivity index (χ1n) is 14.7. The zero-order valence-corrected chi connectivity index (χ0v) is 25.2. The summed E-state index contributed by atoms with van der Waals surface area (Å²) in [7, 11) is 1.46. The number of nitrogens with zero attached hydrogens (tertiary/aromatic N) is 3. The van der Waals surface area contributed by atoms with Crippen LogP contribution in [-0.2, 0) is 17.1 Å².